The summed E-state index contributed by atoms with van der Waals surface area (Å²) >= 11 is 0. The average molecular weight is 440 g/mol. The van der Waals surface area contributed by atoms with Gasteiger partial charge in [-0.25, -0.2) is 4.79 Å². The number of aryl methyl sites for hydroxylation is 4. The van der Waals surface area contributed by atoms with Crippen LogP contribution >= 0.6 is 7.80 Å². The molecule has 0 bridgehead atoms. The Kier molecular flexibility index (Phi) is 11.8. The third-order valence-corrected chi connectivity index (χ3v) is 7.44. The second-order valence-electron chi connectivity index (χ2n) is 8.95. The highest BCUT2D eigenvalue weighted by atomic mass is 31.1. The summed E-state index contributed by atoms with van der Waals surface area (Å²) < 4.78 is 12.5. The maximum atomic E-state index is 12.6. The molecule has 1 atom stereocenters. The quantitative estimate of drug-likeness (QED) is 0.205. The van der Waals surface area contributed by atoms with Crippen molar-refractivity contribution in [2.75, 3.05) is 6.16 Å². The fraction of sp³-hybridized carbons (Fsp3) is 0.536. The average Bonchev–Trinajstić information content (AvgIpc) is 2.74. The molecule has 0 aromatic heterocycles. The molecule has 3 heteroatoms. The molecule has 0 spiro atoms. The van der Waals surface area contributed by atoms with Crippen molar-refractivity contribution in [3.8, 4) is 0 Å². The van der Waals surface area contributed by atoms with Gasteiger partial charge in [0.25, 0.3) is 0 Å². The highest BCUT2D eigenvalue weighted by molar-refractivity contribution is 7.64. The first kappa shape index (κ1) is 25.5. The highest BCUT2D eigenvalue weighted by Gasteiger charge is 2.31. The third kappa shape index (κ3) is 9.48. The van der Waals surface area contributed by atoms with Gasteiger partial charge < -0.3 is 0 Å². The molecule has 2 nitrogen and oxygen atoms in total. The molecule has 0 aliphatic heterocycles. The van der Waals surface area contributed by atoms with Gasteiger partial charge in [0.2, 0.25) is 0 Å². The zero-order chi connectivity index (χ0) is 22.5. The Hall–Kier alpha value is -1.79. The lowest BCUT2D eigenvalue weighted by Gasteiger charge is -2.05. The van der Waals surface area contributed by atoms with Crippen LogP contribution in [0.5, 0.6) is 0 Å². The molecule has 0 fully saturated rings. The van der Waals surface area contributed by atoms with Gasteiger partial charge in [0.05, 0.1) is 5.56 Å². The van der Waals surface area contributed by atoms with Crippen LogP contribution in [0.25, 0.3) is 0 Å². The van der Waals surface area contributed by atoms with E-state index in [0.29, 0.717) is 11.7 Å². The lowest BCUT2D eigenvalue weighted by Crippen LogP contribution is -2.02. The van der Waals surface area contributed by atoms with Crippen molar-refractivity contribution in [3.63, 3.8) is 0 Å². The van der Waals surface area contributed by atoms with Crippen LogP contribution in [0, 0.1) is 20.8 Å². The summed E-state index contributed by atoms with van der Waals surface area (Å²) in [6, 6.07) is 14.8. The van der Waals surface area contributed by atoms with Gasteiger partial charge in [-0.3, -0.25) is 0 Å². The molecule has 0 heterocycles. The van der Waals surface area contributed by atoms with E-state index >= 15 is 0 Å². The van der Waals surface area contributed by atoms with E-state index in [1.165, 1.54) is 63.4 Å². The van der Waals surface area contributed by atoms with Crippen molar-refractivity contribution in [2.24, 2.45) is 0 Å². The molecule has 31 heavy (non-hydrogen) atoms. The number of benzene rings is 2. The Morgan fingerprint density at radius 3 is 1.74 bits per heavy atom. The first-order valence-corrected chi connectivity index (χ1v) is 13.5. The van der Waals surface area contributed by atoms with Crippen molar-refractivity contribution < 1.29 is 9.36 Å². The van der Waals surface area contributed by atoms with E-state index in [4.69, 9.17) is 0 Å². The van der Waals surface area contributed by atoms with Gasteiger partial charge in [-0.2, -0.15) is 0 Å². The fourth-order valence-corrected chi connectivity index (χ4v) is 5.70. The van der Waals surface area contributed by atoms with E-state index in [2.05, 4.69) is 30.3 Å². The predicted octanol–water partition coefficient (Wildman–Crippen LogP) is 8.72. The number of hydrogen-bond acceptors (Lipinski definition) is 2. The van der Waals surface area contributed by atoms with Gasteiger partial charge in [-0.15, -0.1) is 0 Å². The van der Waals surface area contributed by atoms with Crippen LogP contribution in [0.4, 0.5) is 0 Å². The smallest absolute Gasteiger partial charge is 0.234 e. The lowest BCUT2D eigenvalue weighted by atomic mass is 10.0. The summed E-state index contributed by atoms with van der Waals surface area (Å²) in [5.41, 5.74) is 5.02. The molecule has 0 N–H and O–H groups in total. The first-order valence-electron chi connectivity index (χ1n) is 12.1. The maximum Gasteiger partial charge on any atom is 0.420 e. The minimum atomic E-state index is -1.80. The van der Waals surface area contributed by atoms with Gasteiger partial charge in [0.1, 0.15) is 0 Å². The Morgan fingerprint density at radius 2 is 1.19 bits per heavy atom. The second-order valence-corrected chi connectivity index (χ2v) is 10.6. The molecule has 0 saturated carbocycles. The van der Waals surface area contributed by atoms with Crippen LogP contribution in [-0.2, 0) is 11.0 Å². The maximum absolute atomic E-state index is 12.6. The van der Waals surface area contributed by atoms with E-state index in [1.807, 2.05) is 32.9 Å². The summed E-state index contributed by atoms with van der Waals surface area (Å²) in [5.74, 6) is 0. The molecule has 0 aliphatic carbocycles. The monoisotopic (exact) mass is 439 g/mol. The second kappa shape index (κ2) is 14.3. The molecule has 2 rings (SSSR count). The van der Waals surface area contributed by atoms with Crippen LogP contribution in [-0.4, -0.2) is 11.7 Å². The lowest BCUT2D eigenvalue weighted by molar-refractivity contribution is 0.107. The number of carbonyl (C=O) groups excluding carboxylic acids is 1. The molecular formula is C28H40O2P+. The van der Waals surface area contributed by atoms with Crippen LogP contribution in [0.1, 0.15) is 96.8 Å². The molecule has 168 valence electrons. The molecule has 0 amide bonds. The van der Waals surface area contributed by atoms with Gasteiger partial charge in [0, 0.05) is 0 Å². The van der Waals surface area contributed by atoms with Gasteiger partial charge >= 0.3 is 13.3 Å². The van der Waals surface area contributed by atoms with E-state index in [9.17, 15) is 9.36 Å². The summed E-state index contributed by atoms with van der Waals surface area (Å²) in [7, 11) is -1.80. The molecule has 0 radical (unpaired) electrons. The van der Waals surface area contributed by atoms with Crippen LogP contribution in [0.3, 0.4) is 0 Å². The summed E-state index contributed by atoms with van der Waals surface area (Å²) in [6.07, 6.45) is 14.1. The predicted molar refractivity (Wildman–Crippen MR) is 134 cm³/mol. The van der Waals surface area contributed by atoms with Crippen LogP contribution < -0.4 is 0 Å². The third-order valence-electron chi connectivity index (χ3n) is 6.04. The zero-order valence-electron chi connectivity index (χ0n) is 19.8. The van der Waals surface area contributed by atoms with Gasteiger partial charge in [-0.05, 0) is 63.1 Å². The normalized spacial score (nSPS) is 11.5. The summed E-state index contributed by atoms with van der Waals surface area (Å²) in [4.78, 5) is 12.6. The standard InChI is InChI=1S/C28H40O2P/c1-23-21-24(2)27(25(3)22-23)28(29)31(30)20-16-11-9-7-5-4-6-8-10-13-17-26-18-14-12-15-19-26/h12,14-15,18-19,21-22H,4-11,13,16-17,20H2,1-3H3/q+1. The van der Waals surface area contributed by atoms with E-state index in [-0.39, 0.29) is 5.52 Å². The summed E-state index contributed by atoms with van der Waals surface area (Å²) in [5, 5.41) is 0. The topological polar surface area (TPSA) is 34.1 Å². The Balaban J connectivity index is 1.47. The Morgan fingerprint density at radius 1 is 0.710 bits per heavy atom. The molecule has 1 unspecified atom stereocenters. The first-order chi connectivity index (χ1) is 15.0. The molecule has 2 aromatic rings. The largest absolute Gasteiger partial charge is 0.420 e. The van der Waals surface area contributed by atoms with Crippen molar-refractivity contribution in [3.05, 3.63) is 70.3 Å². The molecule has 2 aromatic carbocycles. The minimum absolute atomic E-state index is 0.155. The van der Waals surface area contributed by atoms with Gasteiger partial charge in [-0.1, -0.05) is 97.5 Å². The number of carbonyl (C=O) groups is 1. The number of rotatable bonds is 15. The highest BCUT2D eigenvalue weighted by Crippen LogP contribution is 2.32. The van der Waals surface area contributed by atoms with Crippen molar-refractivity contribution >= 4 is 13.3 Å². The number of hydrogen-bond donors (Lipinski definition) is 0. The summed E-state index contributed by atoms with van der Waals surface area (Å²) in [6.45, 7) is 5.92. The van der Waals surface area contributed by atoms with Crippen LogP contribution in [0.15, 0.2) is 42.5 Å². The van der Waals surface area contributed by atoms with Gasteiger partial charge in [0.15, 0.2) is 6.16 Å². The molecular weight excluding hydrogens is 399 g/mol. The van der Waals surface area contributed by atoms with Crippen LogP contribution in [0.2, 0.25) is 0 Å². The molecule has 0 saturated heterocycles. The number of unbranched alkanes of at least 4 members (excludes halogenated alkanes) is 9. The minimum Gasteiger partial charge on any atom is -0.234 e. The van der Waals surface area contributed by atoms with Crippen molar-refractivity contribution in [1.29, 1.82) is 0 Å². The van der Waals surface area contributed by atoms with E-state index in [0.717, 1.165) is 29.5 Å². The van der Waals surface area contributed by atoms with Crippen molar-refractivity contribution in [2.45, 2.75) is 91.4 Å². The van der Waals surface area contributed by atoms with E-state index < -0.39 is 7.80 Å². The Bertz CT molecular complexity index is 803. The Labute approximate surface area is 190 Å². The SMILES string of the molecule is Cc1cc(C)c(C(=O)[P+](=O)CCCCCCCCCCCCc2ccccc2)c(C)c1. The van der Waals surface area contributed by atoms with Crippen molar-refractivity contribution in [1.82, 2.24) is 0 Å². The van der Waals surface area contributed by atoms with E-state index in [1.54, 1.807) is 0 Å². The molecule has 0 aliphatic rings. The zero-order valence-corrected chi connectivity index (χ0v) is 20.7. The fourth-order valence-electron chi connectivity index (χ4n) is 4.39.